The molecule has 5 nitrogen and oxygen atoms in total. The molecular weight excluding hydrogens is 216 g/mol. The van der Waals surface area contributed by atoms with Crippen LogP contribution >= 0.6 is 0 Å². The molecule has 0 aromatic heterocycles. The Morgan fingerprint density at radius 1 is 1.29 bits per heavy atom. The lowest BCUT2D eigenvalue weighted by Gasteiger charge is -2.28. The van der Waals surface area contributed by atoms with Gasteiger partial charge in [-0.1, -0.05) is 13.8 Å². The van der Waals surface area contributed by atoms with Gasteiger partial charge >= 0.3 is 6.03 Å². The largest absolute Gasteiger partial charge is 0.333 e. The maximum Gasteiger partial charge on any atom is 0.317 e. The first-order chi connectivity index (χ1) is 8.16. The third-order valence-electron chi connectivity index (χ3n) is 3.71. The Balaban J connectivity index is 1.73. The van der Waals surface area contributed by atoms with E-state index in [4.69, 9.17) is 0 Å². The summed E-state index contributed by atoms with van der Waals surface area (Å²) < 4.78 is 0. The van der Waals surface area contributed by atoms with Gasteiger partial charge in [-0.3, -0.25) is 4.90 Å². The Hall–Kier alpha value is -0.810. The van der Waals surface area contributed by atoms with Gasteiger partial charge < -0.3 is 15.5 Å². The van der Waals surface area contributed by atoms with Crippen molar-refractivity contribution < 1.29 is 4.79 Å². The van der Waals surface area contributed by atoms with Gasteiger partial charge in [-0.2, -0.15) is 0 Å². The lowest BCUT2D eigenvalue weighted by Crippen LogP contribution is -2.46. The summed E-state index contributed by atoms with van der Waals surface area (Å²) in [7, 11) is 0. The Labute approximate surface area is 104 Å². The third kappa shape index (κ3) is 3.33. The molecular formula is C12H24N4O. The van der Waals surface area contributed by atoms with Gasteiger partial charge in [0.15, 0.2) is 0 Å². The predicted octanol–water partition coefficient (Wildman–Crippen LogP) is -0.0586. The van der Waals surface area contributed by atoms with Crippen molar-refractivity contribution in [3.05, 3.63) is 0 Å². The van der Waals surface area contributed by atoms with Crippen LogP contribution in [0.4, 0.5) is 4.79 Å². The van der Waals surface area contributed by atoms with Crippen molar-refractivity contribution in [2.75, 3.05) is 45.8 Å². The third-order valence-corrected chi connectivity index (χ3v) is 3.71. The van der Waals surface area contributed by atoms with Crippen molar-refractivity contribution in [2.45, 2.75) is 19.9 Å². The normalized spacial score (nSPS) is 26.6. The first-order valence-electron chi connectivity index (χ1n) is 6.65. The van der Waals surface area contributed by atoms with E-state index in [9.17, 15) is 4.79 Å². The molecule has 0 saturated carbocycles. The number of piperazine rings is 1. The SMILES string of the molecule is CC(C)C1CN(CCN2CCNCC2)C(=O)N1. The molecule has 2 aliphatic rings. The second-order valence-corrected chi connectivity index (χ2v) is 5.34. The van der Waals surface area contributed by atoms with E-state index >= 15 is 0 Å². The van der Waals surface area contributed by atoms with Gasteiger partial charge in [-0.05, 0) is 5.92 Å². The number of carbonyl (C=O) groups is 1. The van der Waals surface area contributed by atoms with Crippen LogP contribution in [0.1, 0.15) is 13.8 Å². The average Bonchev–Trinajstić information content (AvgIpc) is 2.70. The van der Waals surface area contributed by atoms with Gasteiger partial charge in [0.25, 0.3) is 0 Å². The van der Waals surface area contributed by atoms with Crippen molar-refractivity contribution in [2.24, 2.45) is 5.92 Å². The molecule has 2 amide bonds. The van der Waals surface area contributed by atoms with E-state index < -0.39 is 0 Å². The summed E-state index contributed by atoms with van der Waals surface area (Å²) in [6.45, 7) is 11.4. The summed E-state index contributed by atoms with van der Waals surface area (Å²) in [6, 6.07) is 0.435. The van der Waals surface area contributed by atoms with Crippen molar-refractivity contribution in [1.29, 1.82) is 0 Å². The highest BCUT2D eigenvalue weighted by atomic mass is 16.2. The van der Waals surface area contributed by atoms with Crippen molar-refractivity contribution in [3.8, 4) is 0 Å². The van der Waals surface area contributed by atoms with E-state index in [-0.39, 0.29) is 6.03 Å². The Morgan fingerprint density at radius 3 is 2.59 bits per heavy atom. The molecule has 2 rings (SSSR count). The molecule has 0 bridgehead atoms. The lowest BCUT2D eigenvalue weighted by atomic mass is 10.1. The summed E-state index contributed by atoms with van der Waals surface area (Å²) in [4.78, 5) is 16.1. The highest BCUT2D eigenvalue weighted by molar-refractivity contribution is 5.76. The molecule has 2 fully saturated rings. The topological polar surface area (TPSA) is 47.6 Å². The summed E-state index contributed by atoms with van der Waals surface area (Å²) >= 11 is 0. The maximum atomic E-state index is 11.7. The number of rotatable bonds is 4. The van der Waals surface area contributed by atoms with Crippen LogP contribution in [0.2, 0.25) is 0 Å². The molecule has 0 spiro atoms. The second kappa shape index (κ2) is 5.69. The van der Waals surface area contributed by atoms with E-state index in [1.807, 2.05) is 4.90 Å². The quantitative estimate of drug-likeness (QED) is 0.724. The Morgan fingerprint density at radius 2 is 2.00 bits per heavy atom. The van der Waals surface area contributed by atoms with Gasteiger partial charge in [-0.25, -0.2) is 4.79 Å². The zero-order valence-corrected chi connectivity index (χ0v) is 10.9. The molecule has 2 saturated heterocycles. The number of amides is 2. The van der Waals surface area contributed by atoms with Crippen LogP contribution in [0.15, 0.2) is 0 Å². The molecule has 1 unspecified atom stereocenters. The minimum Gasteiger partial charge on any atom is -0.333 e. The van der Waals surface area contributed by atoms with Gasteiger partial charge in [0.1, 0.15) is 0 Å². The molecule has 1 atom stereocenters. The molecule has 2 N–H and O–H groups in total. The molecule has 98 valence electrons. The minimum absolute atomic E-state index is 0.110. The first kappa shape index (κ1) is 12.6. The number of nitrogens with one attached hydrogen (secondary N) is 2. The van der Waals surface area contributed by atoms with E-state index in [1.165, 1.54) is 0 Å². The van der Waals surface area contributed by atoms with Gasteiger partial charge in [0.05, 0.1) is 6.04 Å². The van der Waals surface area contributed by atoms with Crippen LogP contribution in [0.5, 0.6) is 0 Å². The zero-order chi connectivity index (χ0) is 12.3. The summed E-state index contributed by atoms with van der Waals surface area (Å²) in [5, 5.41) is 6.39. The maximum absolute atomic E-state index is 11.7. The molecule has 2 aliphatic heterocycles. The molecule has 0 aromatic carbocycles. The highest BCUT2D eigenvalue weighted by Crippen LogP contribution is 2.11. The monoisotopic (exact) mass is 240 g/mol. The predicted molar refractivity (Wildman–Crippen MR) is 68.0 cm³/mol. The molecule has 17 heavy (non-hydrogen) atoms. The number of hydrogen-bond acceptors (Lipinski definition) is 3. The van der Waals surface area contributed by atoms with Gasteiger partial charge in [0.2, 0.25) is 0 Å². The van der Waals surface area contributed by atoms with Crippen LogP contribution < -0.4 is 10.6 Å². The average molecular weight is 240 g/mol. The van der Waals surface area contributed by atoms with Crippen LogP contribution in [0, 0.1) is 5.92 Å². The minimum atomic E-state index is 0.110. The van der Waals surface area contributed by atoms with E-state index in [0.29, 0.717) is 12.0 Å². The molecule has 0 aliphatic carbocycles. The van der Waals surface area contributed by atoms with Gasteiger partial charge in [0, 0.05) is 45.8 Å². The van der Waals surface area contributed by atoms with E-state index in [0.717, 1.165) is 45.8 Å². The first-order valence-corrected chi connectivity index (χ1v) is 6.65. The molecule has 2 heterocycles. The standard InChI is InChI=1S/C12H24N4O/c1-10(2)11-9-16(12(17)14-11)8-7-15-5-3-13-4-6-15/h10-11,13H,3-9H2,1-2H3,(H,14,17). The Kier molecular flexibility index (Phi) is 4.23. The number of urea groups is 1. The fourth-order valence-corrected chi connectivity index (χ4v) is 2.38. The molecule has 0 radical (unpaired) electrons. The van der Waals surface area contributed by atoms with Crippen LogP contribution in [-0.4, -0.2) is 67.7 Å². The summed E-state index contributed by atoms with van der Waals surface area (Å²) in [5.41, 5.74) is 0. The highest BCUT2D eigenvalue weighted by Gasteiger charge is 2.30. The molecule has 0 aromatic rings. The van der Waals surface area contributed by atoms with Crippen LogP contribution in [-0.2, 0) is 0 Å². The van der Waals surface area contributed by atoms with Crippen LogP contribution in [0.25, 0.3) is 0 Å². The fourth-order valence-electron chi connectivity index (χ4n) is 2.38. The van der Waals surface area contributed by atoms with Crippen molar-refractivity contribution in [3.63, 3.8) is 0 Å². The van der Waals surface area contributed by atoms with Crippen LogP contribution in [0.3, 0.4) is 0 Å². The lowest BCUT2D eigenvalue weighted by molar-refractivity contribution is 0.192. The zero-order valence-electron chi connectivity index (χ0n) is 10.9. The Bertz CT molecular complexity index is 263. The van der Waals surface area contributed by atoms with E-state index in [2.05, 4.69) is 29.4 Å². The van der Waals surface area contributed by atoms with Gasteiger partial charge in [-0.15, -0.1) is 0 Å². The molecule has 5 heteroatoms. The van der Waals surface area contributed by atoms with Crippen molar-refractivity contribution in [1.82, 2.24) is 20.4 Å². The second-order valence-electron chi connectivity index (χ2n) is 5.34. The number of hydrogen-bond donors (Lipinski definition) is 2. The summed E-state index contributed by atoms with van der Waals surface area (Å²) in [6.07, 6.45) is 0. The number of carbonyl (C=O) groups excluding carboxylic acids is 1. The smallest absolute Gasteiger partial charge is 0.317 e. The number of nitrogens with zero attached hydrogens (tertiary/aromatic N) is 2. The van der Waals surface area contributed by atoms with E-state index in [1.54, 1.807) is 0 Å². The van der Waals surface area contributed by atoms with Crippen molar-refractivity contribution >= 4 is 6.03 Å². The summed E-state index contributed by atoms with van der Waals surface area (Å²) in [5.74, 6) is 0.517. The fraction of sp³-hybridized carbons (Fsp3) is 0.917.